The number of para-hydroxylation sites is 1. The molecular formula is C23H24N4O. The molecule has 1 fully saturated rings. The van der Waals surface area contributed by atoms with Crippen molar-refractivity contribution in [2.24, 2.45) is 5.10 Å². The van der Waals surface area contributed by atoms with E-state index in [0.717, 1.165) is 24.5 Å². The Kier molecular flexibility index (Phi) is 5.24. The van der Waals surface area contributed by atoms with Crippen molar-refractivity contribution in [1.82, 2.24) is 9.99 Å². The van der Waals surface area contributed by atoms with E-state index in [9.17, 15) is 4.79 Å². The predicted octanol–water partition coefficient (Wildman–Crippen LogP) is 4.15. The normalized spacial score (nSPS) is 14.0. The van der Waals surface area contributed by atoms with E-state index in [0.29, 0.717) is 5.56 Å². The minimum Gasteiger partial charge on any atom is -0.372 e. The van der Waals surface area contributed by atoms with E-state index in [-0.39, 0.29) is 5.91 Å². The van der Waals surface area contributed by atoms with Gasteiger partial charge >= 0.3 is 0 Å². The van der Waals surface area contributed by atoms with Crippen LogP contribution < -0.4 is 10.3 Å². The molecule has 0 unspecified atom stereocenters. The second kappa shape index (κ2) is 8.13. The Morgan fingerprint density at radius 2 is 1.75 bits per heavy atom. The molecule has 1 aliphatic rings. The zero-order valence-corrected chi connectivity index (χ0v) is 16.0. The lowest BCUT2D eigenvalue weighted by atomic mass is 10.2. The molecule has 2 aromatic carbocycles. The van der Waals surface area contributed by atoms with E-state index in [1.807, 2.05) is 54.7 Å². The second-order valence-corrected chi connectivity index (χ2v) is 7.03. The maximum absolute atomic E-state index is 12.4. The first-order valence-electron chi connectivity index (χ1n) is 9.64. The molecule has 0 aliphatic carbocycles. The molecule has 5 heteroatoms. The van der Waals surface area contributed by atoms with E-state index in [1.165, 1.54) is 24.1 Å². The van der Waals surface area contributed by atoms with Gasteiger partial charge in [0.05, 0.1) is 11.9 Å². The number of aryl methyl sites for hydroxylation is 1. The molecule has 0 bridgehead atoms. The van der Waals surface area contributed by atoms with Crippen molar-refractivity contribution >= 4 is 17.8 Å². The predicted molar refractivity (Wildman–Crippen MR) is 113 cm³/mol. The molecule has 1 aliphatic heterocycles. The third kappa shape index (κ3) is 3.83. The van der Waals surface area contributed by atoms with Crippen molar-refractivity contribution in [2.45, 2.75) is 19.8 Å². The van der Waals surface area contributed by atoms with Crippen molar-refractivity contribution in [3.63, 3.8) is 0 Å². The van der Waals surface area contributed by atoms with Crippen LogP contribution in [0.2, 0.25) is 0 Å². The van der Waals surface area contributed by atoms with Gasteiger partial charge in [-0.05, 0) is 67.8 Å². The quantitative estimate of drug-likeness (QED) is 0.540. The summed E-state index contributed by atoms with van der Waals surface area (Å²) in [4.78, 5) is 14.7. The summed E-state index contributed by atoms with van der Waals surface area (Å²) in [5.74, 6) is -0.210. The largest absolute Gasteiger partial charge is 0.372 e. The number of nitrogens with one attached hydrogen (secondary N) is 1. The van der Waals surface area contributed by atoms with Gasteiger partial charge in [-0.2, -0.15) is 5.10 Å². The number of amides is 1. The number of carbonyl (C=O) groups is 1. The molecule has 0 saturated carbocycles. The van der Waals surface area contributed by atoms with Crippen LogP contribution >= 0.6 is 0 Å². The molecule has 142 valence electrons. The van der Waals surface area contributed by atoms with Crippen molar-refractivity contribution in [2.75, 3.05) is 18.0 Å². The van der Waals surface area contributed by atoms with Gasteiger partial charge in [0.25, 0.3) is 5.91 Å². The Bertz CT molecular complexity index is 982. The Hall–Kier alpha value is -3.34. The highest BCUT2D eigenvalue weighted by atomic mass is 16.2. The lowest BCUT2D eigenvalue weighted by Gasteiger charge is -2.17. The molecule has 0 atom stereocenters. The van der Waals surface area contributed by atoms with Gasteiger partial charge in [0.2, 0.25) is 0 Å². The van der Waals surface area contributed by atoms with Crippen molar-refractivity contribution in [3.05, 3.63) is 83.7 Å². The summed E-state index contributed by atoms with van der Waals surface area (Å²) >= 11 is 0. The first kappa shape index (κ1) is 18.0. The Morgan fingerprint density at radius 1 is 1.00 bits per heavy atom. The molecule has 5 nitrogen and oxygen atoms in total. The standard InChI is InChI=1S/C23H24N4O/c1-18-7-2-3-9-22(18)27-16-6-8-21(27)17-24-25-23(28)19-10-12-20(13-11-19)26-14-4-5-15-26/h2-3,6-13,16-17H,4-5,14-15H2,1H3,(H,25,28)/b24-17-. The van der Waals surface area contributed by atoms with Gasteiger partial charge in [0.1, 0.15) is 0 Å². The molecule has 0 radical (unpaired) electrons. The number of nitrogens with zero attached hydrogens (tertiary/aromatic N) is 3. The number of anilines is 1. The fourth-order valence-corrected chi connectivity index (χ4v) is 3.57. The maximum Gasteiger partial charge on any atom is 0.271 e. The molecule has 0 spiro atoms. The van der Waals surface area contributed by atoms with Gasteiger partial charge < -0.3 is 9.47 Å². The van der Waals surface area contributed by atoms with Crippen LogP contribution in [0.15, 0.2) is 72.0 Å². The molecule has 2 heterocycles. The summed E-state index contributed by atoms with van der Waals surface area (Å²) < 4.78 is 2.05. The highest BCUT2D eigenvalue weighted by Gasteiger charge is 2.13. The summed E-state index contributed by atoms with van der Waals surface area (Å²) in [6.45, 7) is 4.26. The summed E-state index contributed by atoms with van der Waals surface area (Å²) in [7, 11) is 0. The average Bonchev–Trinajstić information content (AvgIpc) is 3.41. The van der Waals surface area contributed by atoms with Crippen LogP contribution in [0.5, 0.6) is 0 Å². The summed E-state index contributed by atoms with van der Waals surface area (Å²) in [6, 6.07) is 19.8. The van der Waals surface area contributed by atoms with Crippen LogP contribution in [-0.4, -0.2) is 29.8 Å². The molecule has 1 amide bonds. The van der Waals surface area contributed by atoms with Crippen LogP contribution in [0.1, 0.15) is 34.5 Å². The molecule has 1 N–H and O–H groups in total. The van der Waals surface area contributed by atoms with E-state index in [2.05, 4.69) is 39.1 Å². The van der Waals surface area contributed by atoms with Crippen LogP contribution in [0.3, 0.4) is 0 Å². The Balaban J connectivity index is 1.42. The lowest BCUT2D eigenvalue weighted by Crippen LogP contribution is -2.19. The van der Waals surface area contributed by atoms with Crippen molar-refractivity contribution < 1.29 is 4.79 Å². The maximum atomic E-state index is 12.4. The number of carbonyl (C=O) groups excluding carboxylic acids is 1. The van der Waals surface area contributed by atoms with Crippen LogP contribution in [-0.2, 0) is 0 Å². The first-order chi connectivity index (χ1) is 13.7. The minimum absolute atomic E-state index is 0.210. The SMILES string of the molecule is Cc1ccccc1-n1cccc1/C=N\NC(=O)c1ccc(N2CCCC2)cc1. The van der Waals surface area contributed by atoms with Crippen LogP contribution in [0.4, 0.5) is 5.69 Å². The van der Waals surface area contributed by atoms with Gasteiger partial charge in [-0.25, -0.2) is 5.43 Å². The minimum atomic E-state index is -0.210. The molecule has 1 saturated heterocycles. The summed E-state index contributed by atoms with van der Waals surface area (Å²) in [5.41, 5.74) is 7.58. The zero-order valence-electron chi connectivity index (χ0n) is 16.0. The number of hydrogen-bond donors (Lipinski definition) is 1. The summed E-state index contributed by atoms with van der Waals surface area (Å²) in [5, 5.41) is 4.15. The van der Waals surface area contributed by atoms with Crippen LogP contribution in [0.25, 0.3) is 5.69 Å². The van der Waals surface area contributed by atoms with E-state index < -0.39 is 0 Å². The summed E-state index contributed by atoms with van der Waals surface area (Å²) in [6.07, 6.45) is 6.13. The molecule has 1 aromatic heterocycles. The average molecular weight is 372 g/mol. The van der Waals surface area contributed by atoms with Gasteiger partial charge in [0, 0.05) is 36.2 Å². The van der Waals surface area contributed by atoms with Crippen molar-refractivity contribution in [3.8, 4) is 5.69 Å². The highest BCUT2D eigenvalue weighted by molar-refractivity contribution is 5.95. The lowest BCUT2D eigenvalue weighted by molar-refractivity contribution is 0.0955. The number of rotatable bonds is 5. The third-order valence-corrected chi connectivity index (χ3v) is 5.12. The first-order valence-corrected chi connectivity index (χ1v) is 9.64. The second-order valence-electron chi connectivity index (χ2n) is 7.03. The Morgan fingerprint density at radius 3 is 2.50 bits per heavy atom. The van der Waals surface area contributed by atoms with E-state index in [4.69, 9.17) is 0 Å². The van der Waals surface area contributed by atoms with E-state index >= 15 is 0 Å². The number of hydrazone groups is 1. The van der Waals surface area contributed by atoms with Gasteiger partial charge in [-0.3, -0.25) is 4.79 Å². The van der Waals surface area contributed by atoms with Crippen LogP contribution in [0, 0.1) is 6.92 Å². The molecule has 3 aromatic rings. The number of benzene rings is 2. The smallest absolute Gasteiger partial charge is 0.271 e. The van der Waals surface area contributed by atoms with E-state index in [1.54, 1.807) is 6.21 Å². The Labute approximate surface area is 165 Å². The molecular weight excluding hydrogens is 348 g/mol. The highest BCUT2D eigenvalue weighted by Crippen LogP contribution is 2.20. The molecule has 28 heavy (non-hydrogen) atoms. The third-order valence-electron chi connectivity index (χ3n) is 5.12. The number of aromatic nitrogens is 1. The van der Waals surface area contributed by atoms with Gasteiger partial charge in [-0.1, -0.05) is 18.2 Å². The van der Waals surface area contributed by atoms with Gasteiger partial charge in [0.15, 0.2) is 0 Å². The van der Waals surface area contributed by atoms with Crippen molar-refractivity contribution in [1.29, 1.82) is 0 Å². The number of hydrogen-bond acceptors (Lipinski definition) is 3. The topological polar surface area (TPSA) is 49.6 Å². The zero-order chi connectivity index (χ0) is 19.3. The molecule has 4 rings (SSSR count). The van der Waals surface area contributed by atoms with Gasteiger partial charge in [-0.15, -0.1) is 0 Å². The fraction of sp³-hybridized carbons (Fsp3) is 0.217. The fourth-order valence-electron chi connectivity index (χ4n) is 3.57. The monoisotopic (exact) mass is 372 g/mol.